The summed E-state index contributed by atoms with van der Waals surface area (Å²) >= 11 is 0. The van der Waals surface area contributed by atoms with Crippen LogP contribution in [0.1, 0.15) is 47.2 Å². The zero-order valence-electron chi connectivity index (χ0n) is 71.8. The van der Waals surface area contributed by atoms with Crippen LogP contribution in [0.4, 0.5) is 0 Å². The van der Waals surface area contributed by atoms with Gasteiger partial charge in [0.15, 0.2) is 0 Å². The van der Waals surface area contributed by atoms with Crippen LogP contribution in [0, 0.1) is 0 Å². The second-order valence-corrected chi connectivity index (χ2v) is 34.8. The molecule has 5 aromatic heterocycles. The first-order chi connectivity index (χ1) is 64.7. The minimum absolute atomic E-state index is 0.134. The number of hydrogen-bond donors (Lipinski definition) is 0. The Labute approximate surface area is 760 Å². The summed E-state index contributed by atoms with van der Waals surface area (Å²) in [4.78, 5) is 34.2. The molecule has 9 heteroatoms. The first-order valence-corrected chi connectivity index (χ1v) is 44.4. The highest BCUT2D eigenvalue weighted by Gasteiger charge is 2.52. The van der Waals surface area contributed by atoms with E-state index in [1.165, 1.54) is 99.7 Å². The zero-order valence-corrected chi connectivity index (χ0v) is 71.8. The van der Waals surface area contributed by atoms with Crippen LogP contribution in [0.25, 0.3) is 206 Å². The zero-order chi connectivity index (χ0) is 87.1. The van der Waals surface area contributed by atoms with E-state index in [9.17, 15) is 0 Å². The van der Waals surface area contributed by atoms with Crippen molar-refractivity contribution in [3.8, 4) is 184 Å². The molecule has 0 N–H and O–H groups in total. The Balaban J connectivity index is 0.000000145. The maximum Gasteiger partial charge on any atom is 0.115 e. The normalized spacial score (nSPS) is 12.6. The maximum absolute atomic E-state index is 4.28. The standard InChI is InChI=1S/C63H40N4.C59H41N5/c1-4-24-58-55(20-1)56-21-2-5-25-59(56)63(58)60-26-6-3-22-57(60)62-54(23-11-27-61(62)63)51-33-49(45-16-7-12-41(28-45)43-14-9-18-47(30-43)52-35-64-39-65-36-52)32-50(34-51)46-17-8-13-42(29-46)44-15-10-19-48(31-44)53-37-66-40-67-38-53;1-59(2)55-21-5-3-19-51(55)53-30-54-52-20-4-6-22-57(52)64(58(54)31-56(53)59)50-28-46(42-15-7-11-38(23-42)40-13-9-17-44(25-40)48-32-60-36-61-33-48)27-47(29-50)43-16-8-12-39(24-43)41-14-10-18-45(26-41)49-34-62-37-63-35-49/h1-40H;3-37H,1-2H3. The van der Waals surface area contributed by atoms with Gasteiger partial charge in [-0.15, -0.1) is 0 Å². The predicted octanol–water partition coefficient (Wildman–Crippen LogP) is 30.0. The van der Waals surface area contributed by atoms with Crippen molar-refractivity contribution in [1.82, 2.24) is 44.4 Å². The van der Waals surface area contributed by atoms with Gasteiger partial charge in [-0.1, -0.05) is 293 Å². The fraction of sp³-hybridized carbons (Fsp3) is 0.0328. The van der Waals surface area contributed by atoms with Gasteiger partial charge in [-0.3, -0.25) is 0 Å². The van der Waals surface area contributed by atoms with Crippen LogP contribution in [0.5, 0.6) is 0 Å². The summed E-state index contributed by atoms with van der Waals surface area (Å²) in [5.74, 6) is 0. The molecular weight excluding hydrogens is 1590 g/mol. The monoisotopic (exact) mass is 1670 g/mol. The molecule has 0 amide bonds. The van der Waals surface area contributed by atoms with E-state index in [4.69, 9.17) is 0 Å². The van der Waals surface area contributed by atoms with Gasteiger partial charge in [0.05, 0.1) is 16.4 Å². The minimum atomic E-state index is -0.431. The first-order valence-electron chi connectivity index (χ1n) is 44.4. The minimum Gasteiger partial charge on any atom is -0.309 e. The van der Waals surface area contributed by atoms with Crippen molar-refractivity contribution in [2.24, 2.45) is 0 Å². The third-order valence-electron chi connectivity index (χ3n) is 27.0. The molecular formula is C122H81N9. The van der Waals surface area contributed by atoms with E-state index in [2.05, 4.69) is 440 Å². The number of fused-ring (bicyclic) bond motifs is 16. The predicted molar refractivity (Wildman–Crippen MR) is 534 cm³/mol. The summed E-state index contributed by atoms with van der Waals surface area (Å²) < 4.78 is 2.49. The average molecular weight is 1670 g/mol. The molecule has 17 aromatic carbocycles. The molecule has 614 valence electrons. The quantitative estimate of drug-likeness (QED) is 0.106. The lowest BCUT2D eigenvalue weighted by molar-refractivity contribution is 0.661. The summed E-state index contributed by atoms with van der Waals surface area (Å²) in [6.45, 7) is 4.73. The average Bonchev–Trinajstić information content (AvgIpc) is 1.50. The highest BCUT2D eigenvalue weighted by Crippen LogP contribution is 2.64. The molecule has 1 spiro atoms. The molecule has 131 heavy (non-hydrogen) atoms. The largest absolute Gasteiger partial charge is 0.309 e. The molecule has 3 aliphatic rings. The number of hydrogen-bond acceptors (Lipinski definition) is 8. The van der Waals surface area contributed by atoms with Gasteiger partial charge in [-0.2, -0.15) is 0 Å². The van der Waals surface area contributed by atoms with Crippen molar-refractivity contribution in [1.29, 1.82) is 0 Å². The van der Waals surface area contributed by atoms with Crippen molar-refractivity contribution in [2.45, 2.75) is 24.7 Å². The van der Waals surface area contributed by atoms with Gasteiger partial charge in [-0.25, -0.2) is 39.9 Å². The lowest BCUT2D eigenvalue weighted by atomic mass is 9.70. The second kappa shape index (κ2) is 32.1. The van der Waals surface area contributed by atoms with Crippen LogP contribution in [-0.4, -0.2) is 44.4 Å². The third-order valence-corrected chi connectivity index (χ3v) is 27.0. The van der Waals surface area contributed by atoms with Crippen LogP contribution in [0.15, 0.2) is 457 Å². The summed E-state index contributed by atoms with van der Waals surface area (Å²) in [6, 6.07) is 141. The van der Waals surface area contributed by atoms with Gasteiger partial charge in [0.2, 0.25) is 0 Å². The Morgan fingerprint density at radius 3 is 0.824 bits per heavy atom. The molecule has 0 radical (unpaired) electrons. The summed E-state index contributed by atoms with van der Waals surface area (Å²) in [6.07, 6.45) is 21.2. The fourth-order valence-corrected chi connectivity index (χ4v) is 20.8. The van der Waals surface area contributed by atoms with E-state index in [1.54, 1.807) is 25.3 Å². The Hall–Kier alpha value is -17.1. The van der Waals surface area contributed by atoms with E-state index in [0.29, 0.717) is 0 Å². The van der Waals surface area contributed by atoms with Gasteiger partial charge in [-0.05, 0) is 292 Å². The Morgan fingerprint density at radius 1 is 0.176 bits per heavy atom. The number of nitrogens with zero attached hydrogens (tertiary/aromatic N) is 9. The number of benzene rings is 17. The molecule has 0 bridgehead atoms. The molecule has 9 nitrogen and oxygen atoms in total. The highest BCUT2D eigenvalue weighted by atomic mass is 15.0. The third kappa shape index (κ3) is 13.6. The van der Waals surface area contributed by atoms with Gasteiger partial charge in [0.1, 0.15) is 25.3 Å². The van der Waals surface area contributed by atoms with E-state index in [-0.39, 0.29) is 5.41 Å². The van der Waals surface area contributed by atoms with Crippen LogP contribution < -0.4 is 0 Å². The second-order valence-electron chi connectivity index (χ2n) is 34.8. The van der Waals surface area contributed by atoms with E-state index in [1.807, 2.05) is 49.6 Å². The van der Waals surface area contributed by atoms with Crippen LogP contribution in [0.2, 0.25) is 0 Å². The van der Waals surface area contributed by atoms with Crippen molar-refractivity contribution < 1.29 is 0 Å². The molecule has 0 saturated heterocycles. The Morgan fingerprint density at radius 2 is 0.443 bits per heavy atom. The summed E-state index contributed by atoms with van der Waals surface area (Å²) in [7, 11) is 0. The first kappa shape index (κ1) is 77.4. The van der Waals surface area contributed by atoms with Crippen molar-refractivity contribution in [3.63, 3.8) is 0 Å². The summed E-state index contributed by atoms with van der Waals surface area (Å²) in [5, 5.41) is 2.50. The molecule has 25 rings (SSSR count). The van der Waals surface area contributed by atoms with Gasteiger partial charge >= 0.3 is 0 Å². The van der Waals surface area contributed by atoms with Crippen molar-refractivity contribution in [2.75, 3.05) is 0 Å². The molecule has 22 aromatic rings. The van der Waals surface area contributed by atoms with E-state index >= 15 is 0 Å². The van der Waals surface area contributed by atoms with E-state index in [0.717, 1.165) is 139 Å². The molecule has 3 aliphatic carbocycles. The van der Waals surface area contributed by atoms with Crippen LogP contribution in [0.3, 0.4) is 0 Å². The van der Waals surface area contributed by atoms with E-state index < -0.39 is 5.41 Å². The van der Waals surface area contributed by atoms with Crippen molar-refractivity contribution >= 4 is 21.8 Å². The molecule has 5 heterocycles. The maximum atomic E-state index is 4.28. The lowest BCUT2D eigenvalue weighted by Gasteiger charge is -2.30. The number of para-hydroxylation sites is 1. The smallest absolute Gasteiger partial charge is 0.115 e. The molecule has 0 unspecified atom stereocenters. The number of aromatic nitrogens is 9. The van der Waals surface area contributed by atoms with Gasteiger partial charge < -0.3 is 4.57 Å². The highest BCUT2D eigenvalue weighted by molar-refractivity contribution is 6.12. The molecule has 0 atom stereocenters. The SMILES string of the molecule is CC1(C)c2ccccc2-c2cc3c4ccccc4n(-c4cc(-c5cccc(-c6cccc(-c7cncnc7)c6)c5)cc(-c5cccc(-c6cccc(-c7cncnc7)c6)c5)c4)c3cc21.c1cc(-c2cncnc2)cc(-c2cccc(-c3cc(-c4cccc(-c5cccc(-c6cncnc6)c5)c4)cc(-c4cccc5c4-c4ccccc4C54c5ccccc5-c5ccccc54)c3)c2)c1. The van der Waals surface area contributed by atoms with Crippen molar-refractivity contribution in [3.05, 3.63) is 490 Å². The fourth-order valence-electron chi connectivity index (χ4n) is 20.8. The number of rotatable bonds is 14. The Bertz CT molecular complexity index is 7930. The lowest BCUT2D eigenvalue weighted by Crippen LogP contribution is -2.25. The molecule has 0 aliphatic heterocycles. The topological polar surface area (TPSA) is 108 Å². The van der Waals surface area contributed by atoms with Gasteiger partial charge in [0.25, 0.3) is 0 Å². The molecule has 0 fully saturated rings. The molecule has 0 saturated carbocycles. The summed E-state index contributed by atoms with van der Waals surface area (Å²) in [5.41, 5.74) is 47.8. The van der Waals surface area contributed by atoms with Crippen LogP contribution >= 0.6 is 0 Å². The van der Waals surface area contributed by atoms with Crippen LogP contribution in [-0.2, 0) is 10.8 Å². The Kier molecular flexibility index (Phi) is 19.0. The van der Waals surface area contributed by atoms with Gasteiger partial charge in [0, 0.05) is 93.7 Å².